The van der Waals surface area contributed by atoms with Crippen molar-refractivity contribution >= 4 is 38.9 Å². The summed E-state index contributed by atoms with van der Waals surface area (Å²) in [5.74, 6) is 0.992. The molecule has 2 aromatic rings. The van der Waals surface area contributed by atoms with Gasteiger partial charge in [0.1, 0.15) is 0 Å². The van der Waals surface area contributed by atoms with E-state index in [1.165, 1.54) is 51.7 Å². The molecule has 0 spiro atoms. The molecule has 0 aliphatic carbocycles. The van der Waals surface area contributed by atoms with E-state index in [4.69, 9.17) is 37.4 Å². The minimum absolute atomic E-state index is 0.0613. The van der Waals surface area contributed by atoms with Crippen LogP contribution in [0.2, 0.25) is 10.0 Å². The minimum atomic E-state index is -3.90. The molecule has 2 rings (SSSR count). The Kier molecular flexibility index (Phi) is 5.69. The van der Waals surface area contributed by atoms with E-state index in [1.807, 2.05) is 0 Å². The Bertz CT molecular complexity index is 810. The van der Waals surface area contributed by atoms with Gasteiger partial charge in [-0.1, -0.05) is 23.2 Å². The van der Waals surface area contributed by atoms with Gasteiger partial charge in [0, 0.05) is 22.2 Å². The van der Waals surface area contributed by atoms with Crippen molar-refractivity contribution in [2.24, 2.45) is 0 Å². The maximum absolute atomic E-state index is 12.5. The molecule has 2 aromatic carbocycles. The molecule has 0 atom stereocenters. The van der Waals surface area contributed by atoms with Gasteiger partial charge in [0.05, 0.1) is 31.9 Å². The van der Waals surface area contributed by atoms with Crippen LogP contribution in [0.4, 0.5) is 5.69 Å². The van der Waals surface area contributed by atoms with Crippen LogP contribution in [0.15, 0.2) is 35.2 Å². The molecule has 0 aromatic heterocycles. The third-order valence-electron chi connectivity index (χ3n) is 3.06. The number of anilines is 1. The molecule has 0 amide bonds. The zero-order valence-corrected chi connectivity index (χ0v) is 15.4. The highest BCUT2D eigenvalue weighted by molar-refractivity contribution is 7.92. The molecular formula is C15H15Cl2NO5S. The lowest BCUT2D eigenvalue weighted by atomic mass is 10.2. The van der Waals surface area contributed by atoms with Gasteiger partial charge in [0.2, 0.25) is 5.75 Å². The van der Waals surface area contributed by atoms with Gasteiger partial charge >= 0.3 is 0 Å². The first-order chi connectivity index (χ1) is 11.3. The largest absolute Gasteiger partial charge is 0.493 e. The third kappa shape index (κ3) is 3.98. The molecule has 0 heterocycles. The van der Waals surface area contributed by atoms with Gasteiger partial charge in [-0.15, -0.1) is 0 Å². The standard InChI is InChI=1S/C15H15Cl2NO5S/c1-21-13-7-11(8-14(22-2)15(13)23-3)18-24(19,20)12-5-9(16)4-10(17)6-12/h4-8,18H,1-3H3. The quantitative estimate of drug-likeness (QED) is 0.809. The first kappa shape index (κ1) is 18.5. The molecule has 0 aliphatic heterocycles. The van der Waals surface area contributed by atoms with E-state index in [0.717, 1.165) is 0 Å². The molecule has 0 aliphatic rings. The number of rotatable bonds is 6. The monoisotopic (exact) mass is 391 g/mol. The summed E-state index contributed by atoms with van der Waals surface area (Å²) < 4.78 is 43.1. The van der Waals surface area contributed by atoms with Crippen molar-refractivity contribution in [1.29, 1.82) is 0 Å². The number of hydrogen-bond acceptors (Lipinski definition) is 5. The average Bonchev–Trinajstić information content (AvgIpc) is 2.52. The average molecular weight is 392 g/mol. The van der Waals surface area contributed by atoms with Crippen LogP contribution in [0.5, 0.6) is 17.2 Å². The molecule has 0 saturated heterocycles. The highest BCUT2D eigenvalue weighted by Gasteiger charge is 2.19. The van der Waals surface area contributed by atoms with Crippen molar-refractivity contribution in [3.63, 3.8) is 0 Å². The van der Waals surface area contributed by atoms with E-state index < -0.39 is 10.0 Å². The fourth-order valence-electron chi connectivity index (χ4n) is 2.04. The number of methoxy groups -OCH3 is 3. The summed E-state index contributed by atoms with van der Waals surface area (Å²) in [5.41, 5.74) is 0.237. The zero-order chi connectivity index (χ0) is 17.9. The van der Waals surface area contributed by atoms with Crippen LogP contribution in [0.1, 0.15) is 0 Å². The van der Waals surface area contributed by atoms with Crippen LogP contribution >= 0.6 is 23.2 Å². The summed E-state index contributed by atoms with van der Waals surface area (Å²) in [6, 6.07) is 7.00. The van der Waals surface area contributed by atoms with Crippen molar-refractivity contribution in [3.05, 3.63) is 40.4 Å². The molecule has 130 valence electrons. The summed E-state index contributed by atoms with van der Waals surface area (Å²) >= 11 is 11.7. The molecule has 6 nitrogen and oxygen atoms in total. The first-order valence-electron chi connectivity index (χ1n) is 6.59. The highest BCUT2D eigenvalue weighted by Crippen LogP contribution is 2.40. The predicted molar refractivity (Wildman–Crippen MR) is 93.4 cm³/mol. The smallest absolute Gasteiger partial charge is 0.262 e. The van der Waals surface area contributed by atoms with Crippen LogP contribution in [0.3, 0.4) is 0 Å². The van der Waals surface area contributed by atoms with E-state index in [2.05, 4.69) is 4.72 Å². The van der Waals surface area contributed by atoms with Gasteiger partial charge in [-0.05, 0) is 18.2 Å². The predicted octanol–water partition coefficient (Wildman–Crippen LogP) is 3.82. The summed E-state index contributed by atoms with van der Waals surface area (Å²) in [5, 5.41) is 0.431. The SMILES string of the molecule is COc1cc(NS(=O)(=O)c2cc(Cl)cc(Cl)c2)cc(OC)c1OC. The van der Waals surface area contributed by atoms with E-state index in [1.54, 1.807) is 0 Å². The second-order valence-electron chi connectivity index (χ2n) is 4.62. The zero-order valence-electron chi connectivity index (χ0n) is 13.1. The maximum atomic E-state index is 12.5. The summed E-state index contributed by atoms with van der Waals surface area (Å²) in [4.78, 5) is -0.0613. The summed E-state index contributed by atoms with van der Waals surface area (Å²) in [6.07, 6.45) is 0. The molecule has 0 unspecified atom stereocenters. The fourth-order valence-corrected chi connectivity index (χ4v) is 3.80. The van der Waals surface area contributed by atoms with Crippen LogP contribution in [0, 0.1) is 0 Å². The third-order valence-corrected chi connectivity index (χ3v) is 4.86. The number of benzene rings is 2. The molecule has 0 fully saturated rings. The topological polar surface area (TPSA) is 73.9 Å². The number of ether oxygens (including phenoxy) is 3. The van der Waals surface area contributed by atoms with Crippen LogP contribution in [-0.4, -0.2) is 29.7 Å². The van der Waals surface area contributed by atoms with Crippen molar-refractivity contribution in [1.82, 2.24) is 0 Å². The fraction of sp³-hybridized carbons (Fsp3) is 0.200. The van der Waals surface area contributed by atoms with Gasteiger partial charge in [-0.25, -0.2) is 8.42 Å². The molecule has 24 heavy (non-hydrogen) atoms. The Balaban J connectivity index is 2.46. The normalized spacial score (nSPS) is 11.0. The van der Waals surface area contributed by atoms with Crippen LogP contribution < -0.4 is 18.9 Å². The molecule has 0 bridgehead atoms. The Hall–Kier alpha value is -1.83. The van der Waals surface area contributed by atoms with Crippen molar-refractivity contribution in [3.8, 4) is 17.2 Å². The number of nitrogens with one attached hydrogen (secondary N) is 1. The molecular weight excluding hydrogens is 377 g/mol. The lowest BCUT2D eigenvalue weighted by Crippen LogP contribution is -2.13. The summed E-state index contributed by atoms with van der Waals surface area (Å²) in [6.45, 7) is 0. The second kappa shape index (κ2) is 7.38. The summed E-state index contributed by atoms with van der Waals surface area (Å²) in [7, 11) is 0.431. The van der Waals surface area contributed by atoms with E-state index in [9.17, 15) is 8.42 Å². The molecule has 0 radical (unpaired) electrons. The number of sulfonamides is 1. The maximum Gasteiger partial charge on any atom is 0.262 e. The van der Waals surface area contributed by atoms with Crippen molar-refractivity contribution in [2.45, 2.75) is 4.90 Å². The number of hydrogen-bond donors (Lipinski definition) is 1. The van der Waals surface area contributed by atoms with Crippen LogP contribution in [-0.2, 0) is 10.0 Å². The Morgan fingerprint density at radius 3 is 1.75 bits per heavy atom. The molecule has 1 N–H and O–H groups in total. The van der Waals surface area contributed by atoms with Crippen LogP contribution in [0.25, 0.3) is 0 Å². The van der Waals surface area contributed by atoms with Crippen molar-refractivity contribution < 1.29 is 22.6 Å². The Morgan fingerprint density at radius 1 is 0.833 bits per heavy atom. The number of halogens is 2. The van der Waals surface area contributed by atoms with E-state index in [-0.39, 0.29) is 20.6 Å². The molecule has 0 saturated carbocycles. The Morgan fingerprint density at radius 2 is 1.33 bits per heavy atom. The minimum Gasteiger partial charge on any atom is -0.493 e. The second-order valence-corrected chi connectivity index (χ2v) is 7.18. The van der Waals surface area contributed by atoms with Gasteiger partial charge in [0.25, 0.3) is 10.0 Å². The van der Waals surface area contributed by atoms with Gasteiger partial charge < -0.3 is 14.2 Å². The molecule has 9 heteroatoms. The lowest BCUT2D eigenvalue weighted by molar-refractivity contribution is 0.325. The van der Waals surface area contributed by atoms with Gasteiger partial charge in [-0.2, -0.15) is 0 Å². The highest BCUT2D eigenvalue weighted by atomic mass is 35.5. The van der Waals surface area contributed by atoms with Gasteiger partial charge in [0.15, 0.2) is 11.5 Å². The van der Waals surface area contributed by atoms with E-state index in [0.29, 0.717) is 17.2 Å². The van der Waals surface area contributed by atoms with Gasteiger partial charge in [-0.3, -0.25) is 4.72 Å². The first-order valence-corrected chi connectivity index (χ1v) is 8.83. The van der Waals surface area contributed by atoms with E-state index >= 15 is 0 Å². The van der Waals surface area contributed by atoms with Crippen molar-refractivity contribution in [2.75, 3.05) is 26.1 Å². The Labute approximate surface area is 150 Å². The lowest BCUT2D eigenvalue weighted by Gasteiger charge is -2.15.